The van der Waals surface area contributed by atoms with Crippen LogP contribution < -0.4 is 24.4 Å². The number of benzene rings is 5. The Morgan fingerprint density at radius 2 is 1.56 bits per heavy atom. The Morgan fingerprint density at radius 1 is 0.809 bits per heavy atom. The quantitative estimate of drug-likeness (QED) is 0.00602. The molecule has 16 heteroatoms. The number of halogens is 3. The summed E-state index contributed by atoms with van der Waals surface area (Å²) >= 11 is 4.00. The molecule has 0 saturated carbocycles. The lowest BCUT2D eigenvalue weighted by molar-refractivity contribution is -0.205. The molecular weight excluding hydrogens is 1020 g/mol. The summed E-state index contributed by atoms with van der Waals surface area (Å²) in [6, 6.07) is 29.5. The van der Waals surface area contributed by atoms with Crippen molar-refractivity contribution in [2.75, 3.05) is 60.0 Å². The van der Waals surface area contributed by atoms with Crippen molar-refractivity contribution in [3.8, 4) is 34.1 Å². The third-order valence-electron chi connectivity index (χ3n) is 10.8. The summed E-state index contributed by atoms with van der Waals surface area (Å²) in [5.74, 6) is -0.917. The topological polar surface area (TPSA) is 116 Å². The highest BCUT2D eigenvalue weighted by Crippen LogP contribution is 2.33. The van der Waals surface area contributed by atoms with Gasteiger partial charge in [0.25, 0.3) is 0 Å². The number of unbranched alkanes of at least 4 members (excludes halogenated alkanes) is 3. The van der Waals surface area contributed by atoms with E-state index in [0.717, 1.165) is 77.7 Å². The van der Waals surface area contributed by atoms with E-state index in [1.807, 2.05) is 55.5 Å². The lowest BCUT2D eigenvalue weighted by atomic mass is 9.99. The molecule has 2 heterocycles. The third-order valence-corrected chi connectivity index (χ3v) is 13.4. The normalized spacial score (nSPS) is 13.5. The van der Waals surface area contributed by atoms with Crippen molar-refractivity contribution < 1.29 is 51.8 Å². The minimum atomic E-state index is -0.790. The fourth-order valence-corrected chi connectivity index (χ4v) is 9.14. The van der Waals surface area contributed by atoms with E-state index in [1.165, 1.54) is 24.4 Å². The van der Waals surface area contributed by atoms with Crippen LogP contribution in [0, 0.1) is 11.6 Å². The molecule has 1 aliphatic rings. The van der Waals surface area contributed by atoms with Crippen molar-refractivity contribution >= 4 is 76.5 Å². The predicted octanol–water partition coefficient (Wildman–Crippen LogP) is 11.5. The fraction of sp³-hybridized carbons (Fsp3) is 0.327. The highest BCUT2D eigenvalue weighted by Gasteiger charge is 2.35. The molecule has 11 nitrogen and oxygen atoms in total. The number of hydrogen-bond donors (Lipinski definition) is 0. The van der Waals surface area contributed by atoms with E-state index in [2.05, 4.69) is 48.1 Å². The summed E-state index contributed by atoms with van der Waals surface area (Å²) in [4.78, 5) is 25.3. The summed E-state index contributed by atoms with van der Waals surface area (Å²) in [7, 11) is 4.09. The van der Waals surface area contributed by atoms with E-state index in [-0.39, 0.29) is 38.4 Å². The Labute approximate surface area is 415 Å². The van der Waals surface area contributed by atoms with E-state index >= 15 is 8.78 Å². The van der Waals surface area contributed by atoms with Gasteiger partial charge in [0.1, 0.15) is 17.3 Å². The first-order chi connectivity index (χ1) is 33.1. The molecule has 0 aliphatic carbocycles. The molecule has 6 aromatic rings. The van der Waals surface area contributed by atoms with Gasteiger partial charge in [0.15, 0.2) is 17.3 Å². The highest BCUT2D eigenvalue weighted by atomic mass is 127. The van der Waals surface area contributed by atoms with Gasteiger partial charge in [0.05, 0.1) is 65.4 Å². The maximum atomic E-state index is 15.9. The molecule has 1 aliphatic heterocycles. The van der Waals surface area contributed by atoms with E-state index in [4.69, 9.17) is 38.2 Å². The number of thiophene rings is 1. The van der Waals surface area contributed by atoms with Gasteiger partial charge in [0.2, 0.25) is 0 Å². The highest BCUT2D eigenvalue weighted by molar-refractivity contribution is 14.1. The number of fused-ring (bicyclic) bond motifs is 1. The molecule has 7 rings (SSSR count). The van der Waals surface area contributed by atoms with Crippen LogP contribution in [-0.4, -0.2) is 81.3 Å². The largest absolute Gasteiger partial charge is 0.494 e. The zero-order valence-corrected chi connectivity index (χ0v) is 42.1. The van der Waals surface area contributed by atoms with Crippen LogP contribution in [0.15, 0.2) is 113 Å². The summed E-state index contributed by atoms with van der Waals surface area (Å²) in [5.41, 5.74) is 2.79. The maximum Gasteiger partial charge on any atom is 0.343 e. The molecule has 1 saturated heterocycles. The van der Waals surface area contributed by atoms with Gasteiger partial charge in [-0.05, 0) is 116 Å². The molecule has 1 atom stereocenters. The monoisotopic (exact) mass is 1080 g/mol. The van der Waals surface area contributed by atoms with Crippen LogP contribution in [0.25, 0.3) is 21.2 Å². The van der Waals surface area contributed by atoms with E-state index in [0.29, 0.717) is 61.6 Å². The number of esters is 1. The first kappa shape index (κ1) is 51.0. The van der Waals surface area contributed by atoms with Crippen molar-refractivity contribution in [2.45, 2.75) is 48.9 Å². The van der Waals surface area contributed by atoms with E-state index in [9.17, 15) is 4.79 Å². The number of alkyl halides is 1. The van der Waals surface area contributed by atoms with Crippen molar-refractivity contribution in [1.29, 1.82) is 0 Å². The lowest BCUT2D eigenvalue weighted by Gasteiger charge is -2.35. The molecule has 0 bridgehead atoms. The lowest BCUT2D eigenvalue weighted by Crippen LogP contribution is -2.47. The number of nitrogens with zero attached hydrogens (tertiary/aromatic N) is 2. The SMILES string of the molecule is COCCCOc1ccc(CCOOc2ccc(-c3ccc(OC(=O)c4cc(F)c(OCCCCCCOCC5(I)COC5)c(P)c4)cc3/C=N/N=C(\C)c3cc4ccccc4s3)c(F)c2)cc1. The molecule has 358 valence electrons. The van der Waals surface area contributed by atoms with Crippen LogP contribution in [0.3, 0.4) is 0 Å². The average Bonchev–Trinajstić information content (AvgIpc) is 3.77. The van der Waals surface area contributed by atoms with E-state index < -0.39 is 17.6 Å². The van der Waals surface area contributed by atoms with Crippen LogP contribution in [-0.2, 0) is 25.5 Å². The zero-order chi connectivity index (χ0) is 47.7. The maximum absolute atomic E-state index is 15.9. The third kappa shape index (κ3) is 14.8. The van der Waals surface area contributed by atoms with Crippen LogP contribution in [0.4, 0.5) is 8.78 Å². The van der Waals surface area contributed by atoms with Gasteiger partial charge in [-0.25, -0.2) is 13.6 Å². The molecule has 1 unspecified atom stereocenters. The summed E-state index contributed by atoms with van der Waals surface area (Å²) in [5, 5.41) is 10.3. The Bertz CT molecular complexity index is 2620. The minimum absolute atomic E-state index is 0.00905. The fourth-order valence-electron chi connectivity index (χ4n) is 7.07. The predicted molar refractivity (Wildman–Crippen MR) is 275 cm³/mol. The van der Waals surface area contributed by atoms with Gasteiger partial charge < -0.3 is 33.3 Å². The molecule has 0 N–H and O–H groups in total. The summed E-state index contributed by atoms with van der Waals surface area (Å²) in [6.45, 7) is 6.49. The molecule has 0 spiro atoms. The molecule has 1 aromatic heterocycles. The Kier molecular flexibility index (Phi) is 19.2. The zero-order valence-electron chi connectivity index (χ0n) is 38.0. The number of rotatable bonds is 26. The van der Waals surface area contributed by atoms with Crippen LogP contribution in [0.5, 0.6) is 23.0 Å². The second kappa shape index (κ2) is 25.7. The molecule has 1 fully saturated rings. The molecule has 0 amide bonds. The molecule has 5 aromatic carbocycles. The summed E-state index contributed by atoms with van der Waals surface area (Å²) < 4.78 is 65.9. The molecular formula is C52H54F2IN2O9PS. The first-order valence-electron chi connectivity index (χ1n) is 22.4. The summed E-state index contributed by atoms with van der Waals surface area (Å²) in [6.07, 6.45) is 6.41. The smallest absolute Gasteiger partial charge is 0.343 e. The van der Waals surface area contributed by atoms with Gasteiger partial charge in [-0.2, -0.15) is 15.1 Å². The standard InChI is InChI=1S/C52H54F2IN2O9PS/c1-35(49-29-37-10-5-6-11-48(37)68-49)57-56-31-39-26-41(65-51(58)38-27-46(54)50(47(67)28-38)63-23-8-4-3-7-22-60-32-52(55)33-61-34-52)16-18-43(39)44-19-17-42(30-45(44)53)66-64-25-20-36-12-14-40(15-13-36)62-24-9-21-59-2/h5-6,10-19,26-31H,3-4,7-9,20-25,32-34,67H2,1-2H3/b56-31+,57-35+. The van der Waals surface area contributed by atoms with Crippen LogP contribution in [0.1, 0.15) is 65.4 Å². The van der Waals surface area contributed by atoms with Crippen LogP contribution in [0.2, 0.25) is 0 Å². The van der Waals surface area contributed by atoms with Gasteiger partial charge in [-0.1, -0.05) is 59.3 Å². The Morgan fingerprint density at radius 3 is 2.31 bits per heavy atom. The van der Waals surface area contributed by atoms with Crippen molar-refractivity contribution in [2.24, 2.45) is 10.2 Å². The number of carbonyl (C=O) groups is 1. The Hall–Kier alpha value is -4.87. The van der Waals surface area contributed by atoms with Crippen LogP contribution >= 0.6 is 43.2 Å². The average molecular weight is 1080 g/mol. The number of hydrogen-bond acceptors (Lipinski definition) is 12. The number of ether oxygens (including phenoxy) is 6. The number of carbonyl (C=O) groups excluding carboxylic acids is 1. The van der Waals surface area contributed by atoms with Gasteiger partial charge in [-0.3, -0.25) is 0 Å². The Balaban J connectivity index is 0.981. The second-order valence-corrected chi connectivity index (χ2v) is 20.2. The molecule has 68 heavy (non-hydrogen) atoms. The van der Waals surface area contributed by atoms with Crippen molar-refractivity contribution in [1.82, 2.24) is 0 Å². The first-order valence-corrected chi connectivity index (χ1v) is 24.8. The minimum Gasteiger partial charge on any atom is -0.494 e. The van der Waals surface area contributed by atoms with Gasteiger partial charge >= 0.3 is 5.97 Å². The second-order valence-electron chi connectivity index (χ2n) is 16.2. The van der Waals surface area contributed by atoms with E-state index in [1.54, 1.807) is 42.7 Å². The van der Waals surface area contributed by atoms with Crippen molar-refractivity contribution in [3.05, 3.63) is 136 Å². The number of methoxy groups -OCH3 is 1. The van der Waals surface area contributed by atoms with Crippen molar-refractivity contribution in [3.63, 3.8) is 0 Å². The van der Waals surface area contributed by atoms with Gasteiger partial charge in [0, 0.05) is 53.9 Å². The molecule has 0 radical (unpaired) electrons. The van der Waals surface area contributed by atoms with Gasteiger partial charge in [-0.15, -0.1) is 20.6 Å².